The summed E-state index contributed by atoms with van der Waals surface area (Å²) in [5.41, 5.74) is 5.02. The van der Waals surface area contributed by atoms with Gasteiger partial charge in [0.25, 0.3) is 0 Å². The van der Waals surface area contributed by atoms with Gasteiger partial charge in [-0.05, 0) is 46.3 Å². The minimum absolute atomic E-state index is 0.142. The van der Waals surface area contributed by atoms with Crippen molar-refractivity contribution in [1.82, 2.24) is 0 Å². The van der Waals surface area contributed by atoms with Crippen LogP contribution in [-0.4, -0.2) is 17.3 Å². The maximum Gasteiger partial charge on any atom is 0.210 e. The molecule has 0 spiro atoms. The normalized spacial score (nSPS) is 19.1. The van der Waals surface area contributed by atoms with Crippen molar-refractivity contribution in [3.63, 3.8) is 0 Å². The highest BCUT2D eigenvalue weighted by Crippen LogP contribution is 2.47. The monoisotopic (exact) mass is 416 g/mol. The third-order valence-electron chi connectivity index (χ3n) is 5.53. The topological polar surface area (TPSA) is 3.01 Å². The zero-order chi connectivity index (χ0) is 19.0. The van der Waals surface area contributed by atoms with E-state index in [0.717, 1.165) is 10.9 Å². The van der Waals surface area contributed by atoms with Gasteiger partial charge in [-0.1, -0.05) is 77.1 Å². The second kappa shape index (κ2) is 6.94. The number of rotatable bonds is 4. The van der Waals surface area contributed by atoms with Gasteiger partial charge < -0.3 is 0 Å². The summed E-state index contributed by atoms with van der Waals surface area (Å²) in [5, 5.41) is 2.60. The summed E-state index contributed by atoms with van der Waals surface area (Å²) in [7, 11) is 2.17. The Morgan fingerprint density at radius 1 is 1.00 bits per heavy atom. The van der Waals surface area contributed by atoms with Crippen LogP contribution in [0.1, 0.15) is 24.5 Å². The lowest BCUT2D eigenvalue weighted by Crippen LogP contribution is -2.30. The quantitative estimate of drug-likeness (QED) is 0.409. The first-order valence-electron chi connectivity index (χ1n) is 9.20. The predicted molar refractivity (Wildman–Crippen MR) is 120 cm³/mol. The van der Waals surface area contributed by atoms with Gasteiger partial charge in [-0.3, -0.25) is 0 Å². The molecule has 1 aliphatic heterocycles. The zero-order valence-corrected chi connectivity index (χ0v) is 17.3. The van der Waals surface area contributed by atoms with Crippen LogP contribution in [0.5, 0.6) is 0 Å². The highest BCUT2D eigenvalue weighted by molar-refractivity contribution is 9.11. The van der Waals surface area contributed by atoms with Gasteiger partial charge in [0.2, 0.25) is 5.69 Å². The van der Waals surface area contributed by atoms with Crippen LogP contribution in [0.2, 0.25) is 0 Å². The molecule has 3 aromatic rings. The Balaban J connectivity index is 1.92. The molecule has 0 N–H and O–H groups in total. The molecule has 0 radical (unpaired) electrons. The van der Waals surface area contributed by atoms with Gasteiger partial charge in [0.05, 0.1) is 5.41 Å². The van der Waals surface area contributed by atoms with Gasteiger partial charge in [-0.2, -0.15) is 4.58 Å². The highest BCUT2D eigenvalue weighted by atomic mass is 79.9. The number of halogens is 1. The molecule has 1 nitrogen and oxygen atoms in total. The van der Waals surface area contributed by atoms with E-state index in [0.29, 0.717) is 0 Å². The van der Waals surface area contributed by atoms with E-state index >= 15 is 0 Å². The van der Waals surface area contributed by atoms with E-state index in [1.54, 1.807) is 0 Å². The molecule has 2 heteroatoms. The number of nitrogens with zero attached hydrogens (tertiary/aromatic N) is 1. The van der Waals surface area contributed by atoms with Crippen LogP contribution in [0.25, 0.3) is 16.8 Å². The van der Waals surface area contributed by atoms with Crippen LogP contribution in [0.15, 0.2) is 83.9 Å². The molecule has 0 bridgehead atoms. The van der Waals surface area contributed by atoms with Crippen molar-refractivity contribution in [3.8, 4) is 0 Å². The molecule has 0 saturated carbocycles. The van der Waals surface area contributed by atoms with E-state index in [1.165, 1.54) is 33.3 Å². The Labute approximate surface area is 169 Å². The molecular weight excluding hydrogens is 394 g/mol. The second-order valence-corrected chi connectivity index (χ2v) is 8.52. The van der Waals surface area contributed by atoms with E-state index < -0.39 is 0 Å². The average molecular weight is 417 g/mol. The van der Waals surface area contributed by atoms with Crippen LogP contribution < -0.4 is 0 Å². The molecule has 1 unspecified atom stereocenters. The predicted octanol–water partition coefficient (Wildman–Crippen LogP) is 6.84. The van der Waals surface area contributed by atoms with Gasteiger partial charge in [-0.15, -0.1) is 0 Å². The summed E-state index contributed by atoms with van der Waals surface area (Å²) >= 11 is 3.63. The van der Waals surface area contributed by atoms with E-state index in [1.807, 2.05) is 6.07 Å². The van der Waals surface area contributed by atoms with Crippen molar-refractivity contribution in [2.75, 3.05) is 7.05 Å². The summed E-state index contributed by atoms with van der Waals surface area (Å²) in [5.74, 6) is 0. The first-order valence-corrected chi connectivity index (χ1v) is 10.00. The summed E-state index contributed by atoms with van der Waals surface area (Å²) in [6, 6.07) is 23.6. The van der Waals surface area contributed by atoms with E-state index in [9.17, 15) is 0 Å². The Kier molecular flexibility index (Phi) is 4.61. The summed E-state index contributed by atoms with van der Waals surface area (Å²) in [6.07, 6.45) is 5.32. The molecule has 0 fully saturated rings. The fourth-order valence-electron chi connectivity index (χ4n) is 4.35. The maximum atomic E-state index is 4.16. The van der Waals surface area contributed by atoms with Crippen molar-refractivity contribution in [3.05, 3.63) is 95.0 Å². The Hall–Kier alpha value is -2.45. The molecule has 1 atom stereocenters. The molecule has 0 saturated heterocycles. The van der Waals surface area contributed by atoms with Crippen molar-refractivity contribution >= 4 is 44.2 Å². The minimum atomic E-state index is -0.142. The molecule has 1 heterocycles. The lowest BCUT2D eigenvalue weighted by Gasteiger charge is -2.23. The molecule has 134 valence electrons. The average Bonchev–Trinajstić information content (AvgIpc) is 2.87. The SMILES string of the molecule is C=C(Br)CC1(C)C(C=Cc2ccccc2)=[N+](C)c2ccc3ccccc3c21. The van der Waals surface area contributed by atoms with E-state index in [-0.39, 0.29) is 5.41 Å². The summed E-state index contributed by atoms with van der Waals surface area (Å²) in [6.45, 7) is 6.49. The third kappa shape index (κ3) is 3.08. The Morgan fingerprint density at radius 2 is 1.70 bits per heavy atom. The lowest BCUT2D eigenvalue weighted by molar-refractivity contribution is -0.401. The molecule has 1 aliphatic rings. The van der Waals surface area contributed by atoms with Crippen LogP contribution in [0.3, 0.4) is 0 Å². The number of allylic oxidation sites excluding steroid dienone is 2. The molecular formula is C25H23BrN+. The van der Waals surface area contributed by atoms with Gasteiger partial charge >= 0.3 is 0 Å². The summed E-state index contributed by atoms with van der Waals surface area (Å²) < 4.78 is 3.35. The fourth-order valence-corrected chi connectivity index (χ4v) is 4.91. The van der Waals surface area contributed by atoms with E-state index in [4.69, 9.17) is 0 Å². The molecule has 0 aliphatic carbocycles. The molecule has 4 rings (SSSR count). The molecule has 3 aromatic carbocycles. The Morgan fingerprint density at radius 3 is 2.44 bits per heavy atom. The van der Waals surface area contributed by atoms with Gasteiger partial charge in [0.1, 0.15) is 7.05 Å². The third-order valence-corrected chi connectivity index (χ3v) is 5.81. The molecule has 0 amide bonds. The van der Waals surface area contributed by atoms with Gasteiger partial charge in [0.15, 0.2) is 5.71 Å². The highest BCUT2D eigenvalue weighted by Gasteiger charge is 2.47. The van der Waals surface area contributed by atoms with Gasteiger partial charge in [0, 0.05) is 17.7 Å². The molecule has 0 aromatic heterocycles. The van der Waals surface area contributed by atoms with Crippen molar-refractivity contribution in [2.24, 2.45) is 0 Å². The Bertz CT molecular complexity index is 1090. The van der Waals surface area contributed by atoms with Crippen LogP contribution in [-0.2, 0) is 5.41 Å². The first-order chi connectivity index (χ1) is 13.0. The van der Waals surface area contributed by atoms with Gasteiger partial charge in [-0.25, -0.2) is 0 Å². The lowest BCUT2D eigenvalue weighted by atomic mass is 9.74. The number of hydrogen-bond acceptors (Lipinski definition) is 0. The van der Waals surface area contributed by atoms with Crippen molar-refractivity contribution in [2.45, 2.75) is 18.8 Å². The van der Waals surface area contributed by atoms with E-state index in [2.05, 4.69) is 114 Å². The largest absolute Gasteiger partial charge is 0.210 e. The van der Waals surface area contributed by atoms with Crippen LogP contribution in [0, 0.1) is 0 Å². The van der Waals surface area contributed by atoms with Crippen molar-refractivity contribution in [1.29, 1.82) is 0 Å². The summed E-state index contributed by atoms with van der Waals surface area (Å²) in [4.78, 5) is 0. The maximum absolute atomic E-state index is 4.16. The van der Waals surface area contributed by atoms with Crippen LogP contribution in [0.4, 0.5) is 5.69 Å². The fraction of sp³-hybridized carbons (Fsp3) is 0.160. The standard InChI is InChI=1S/C25H23BrN/c1-18(26)17-25(2)23(16-13-19-9-5-4-6-10-19)27(3)22-15-14-20-11-7-8-12-21(20)24(22)25/h4-16H,1,17H2,2-3H3/q+1. The number of fused-ring (bicyclic) bond motifs is 3. The first kappa shape index (κ1) is 17.9. The molecule has 27 heavy (non-hydrogen) atoms. The van der Waals surface area contributed by atoms with Crippen molar-refractivity contribution < 1.29 is 4.58 Å². The van der Waals surface area contributed by atoms with Crippen LogP contribution >= 0.6 is 15.9 Å². The number of benzene rings is 3. The second-order valence-electron chi connectivity index (χ2n) is 7.40. The zero-order valence-electron chi connectivity index (χ0n) is 15.7. The minimum Gasteiger partial charge on any atom is -0.198 e. The number of hydrogen-bond donors (Lipinski definition) is 0. The smallest absolute Gasteiger partial charge is 0.198 e.